The molecule has 0 spiro atoms. The molecule has 5 heteroatoms. The van der Waals surface area contributed by atoms with E-state index < -0.39 is 11.5 Å². The number of benzene rings is 2. The number of carbonyl (C=O) groups excluding carboxylic acids is 1. The molecule has 0 aliphatic carbocycles. The van der Waals surface area contributed by atoms with E-state index in [1.807, 2.05) is 70.2 Å². The fourth-order valence-electron chi connectivity index (χ4n) is 3.14. The van der Waals surface area contributed by atoms with Crippen molar-refractivity contribution in [2.24, 2.45) is 5.41 Å². The van der Waals surface area contributed by atoms with Crippen molar-refractivity contribution in [3.05, 3.63) is 86.6 Å². The van der Waals surface area contributed by atoms with Gasteiger partial charge in [-0.3, -0.25) is 4.79 Å². The zero-order chi connectivity index (χ0) is 21.2. The summed E-state index contributed by atoms with van der Waals surface area (Å²) < 4.78 is 0. The van der Waals surface area contributed by atoms with Gasteiger partial charge in [-0.15, -0.1) is 11.3 Å². The van der Waals surface area contributed by atoms with E-state index in [0.29, 0.717) is 5.02 Å². The maximum atomic E-state index is 12.6. The van der Waals surface area contributed by atoms with E-state index in [1.54, 1.807) is 23.5 Å². The lowest BCUT2D eigenvalue weighted by atomic mass is 9.86. The molecule has 29 heavy (non-hydrogen) atoms. The van der Waals surface area contributed by atoms with Crippen LogP contribution in [0.5, 0.6) is 0 Å². The van der Waals surface area contributed by atoms with Gasteiger partial charge in [-0.1, -0.05) is 62.7 Å². The maximum Gasteiger partial charge on any atom is 0.229 e. The van der Waals surface area contributed by atoms with Crippen LogP contribution >= 0.6 is 22.9 Å². The lowest BCUT2D eigenvalue weighted by molar-refractivity contribution is -0.123. The Labute approximate surface area is 181 Å². The van der Waals surface area contributed by atoms with Crippen LogP contribution in [0.3, 0.4) is 0 Å². The molecule has 152 valence electrons. The summed E-state index contributed by atoms with van der Waals surface area (Å²) in [4.78, 5) is 14.9. The summed E-state index contributed by atoms with van der Waals surface area (Å²) in [5, 5.41) is 15.0. The number of rotatable bonds is 5. The number of anilines is 1. The fraction of sp³-hybridized carbons (Fsp3) is 0.292. The molecule has 1 amide bonds. The molecule has 0 unspecified atom stereocenters. The van der Waals surface area contributed by atoms with Crippen molar-refractivity contribution in [2.75, 3.05) is 5.32 Å². The Kier molecular flexibility index (Phi) is 6.47. The summed E-state index contributed by atoms with van der Waals surface area (Å²) in [5.41, 5.74) is 1.87. The van der Waals surface area contributed by atoms with E-state index in [9.17, 15) is 9.90 Å². The maximum absolute atomic E-state index is 12.6. The zero-order valence-corrected chi connectivity index (χ0v) is 18.6. The second kappa shape index (κ2) is 8.70. The molecule has 1 heterocycles. The van der Waals surface area contributed by atoms with Gasteiger partial charge >= 0.3 is 0 Å². The molecule has 2 N–H and O–H groups in total. The van der Waals surface area contributed by atoms with Gasteiger partial charge in [-0.25, -0.2) is 0 Å². The van der Waals surface area contributed by atoms with Crippen LogP contribution in [-0.2, 0) is 4.79 Å². The largest absolute Gasteiger partial charge is 0.387 e. The number of aliphatic hydroxyl groups excluding tert-OH is 1. The highest BCUT2D eigenvalue weighted by atomic mass is 35.5. The minimum atomic E-state index is -0.780. The van der Waals surface area contributed by atoms with Gasteiger partial charge in [0, 0.05) is 25.9 Å². The molecule has 0 bridgehead atoms. The van der Waals surface area contributed by atoms with Crippen molar-refractivity contribution in [1.82, 2.24) is 0 Å². The minimum absolute atomic E-state index is 0.0629. The zero-order valence-electron chi connectivity index (χ0n) is 17.1. The highest BCUT2D eigenvalue weighted by Gasteiger charge is 2.29. The van der Waals surface area contributed by atoms with Gasteiger partial charge in [0.05, 0.1) is 12.0 Å². The Morgan fingerprint density at radius 1 is 1.03 bits per heavy atom. The molecule has 1 aromatic heterocycles. The summed E-state index contributed by atoms with van der Waals surface area (Å²) in [6.07, 6.45) is -0.780. The van der Waals surface area contributed by atoms with Crippen molar-refractivity contribution in [3.8, 4) is 0 Å². The molecule has 0 aliphatic heterocycles. The van der Waals surface area contributed by atoms with E-state index in [0.717, 1.165) is 21.7 Å². The number of para-hydroxylation sites is 1. The molecule has 0 aliphatic rings. The number of amides is 1. The first-order valence-electron chi connectivity index (χ1n) is 9.57. The first kappa shape index (κ1) is 21.6. The quantitative estimate of drug-likeness (QED) is 0.484. The predicted octanol–water partition coefficient (Wildman–Crippen LogP) is 6.56. The SMILES string of the molecule is Cc1ccc([C@H](c2ccccc2NC(=O)C(C)(C)C)[C@H](O)c2ccc(Cl)cc2)s1. The molecule has 0 radical (unpaired) electrons. The van der Waals surface area contributed by atoms with E-state index in [4.69, 9.17) is 11.6 Å². The van der Waals surface area contributed by atoms with Crippen molar-refractivity contribution in [2.45, 2.75) is 39.7 Å². The highest BCUT2D eigenvalue weighted by Crippen LogP contribution is 2.43. The third kappa shape index (κ3) is 5.08. The van der Waals surface area contributed by atoms with E-state index in [2.05, 4.69) is 11.4 Å². The molecule has 3 rings (SSSR count). The lowest BCUT2D eigenvalue weighted by Crippen LogP contribution is -2.28. The van der Waals surface area contributed by atoms with Crippen molar-refractivity contribution in [1.29, 1.82) is 0 Å². The summed E-state index contributed by atoms with van der Waals surface area (Å²) >= 11 is 7.68. The van der Waals surface area contributed by atoms with Crippen LogP contribution in [0.4, 0.5) is 5.69 Å². The number of hydrogen-bond acceptors (Lipinski definition) is 3. The number of nitrogens with one attached hydrogen (secondary N) is 1. The molecular weight excluding hydrogens is 402 g/mol. The van der Waals surface area contributed by atoms with Crippen LogP contribution in [0.25, 0.3) is 0 Å². The first-order valence-corrected chi connectivity index (χ1v) is 10.8. The molecule has 0 saturated heterocycles. The smallest absolute Gasteiger partial charge is 0.229 e. The topological polar surface area (TPSA) is 49.3 Å². The predicted molar refractivity (Wildman–Crippen MR) is 122 cm³/mol. The summed E-state index contributed by atoms with van der Waals surface area (Å²) in [5.74, 6) is -0.376. The average Bonchev–Trinajstić information content (AvgIpc) is 3.09. The third-order valence-corrected chi connectivity index (χ3v) is 6.16. The Morgan fingerprint density at radius 2 is 1.69 bits per heavy atom. The van der Waals surface area contributed by atoms with E-state index >= 15 is 0 Å². The second-order valence-corrected chi connectivity index (χ2v) is 9.97. The van der Waals surface area contributed by atoms with Gasteiger partial charge < -0.3 is 10.4 Å². The molecular formula is C24H26ClNO2S. The molecule has 3 aromatic rings. The molecule has 3 nitrogen and oxygen atoms in total. The number of carbonyl (C=O) groups is 1. The van der Waals surface area contributed by atoms with Crippen LogP contribution in [0.2, 0.25) is 5.02 Å². The van der Waals surface area contributed by atoms with Crippen LogP contribution in [0.15, 0.2) is 60.7 Å². The Bertz CT molecular complexity index is 989. The van der Waals surface area contributed by atoms with Crippen molar-refractivity contribution < 1.29 is 9.90 Å². The van der Waals surface area contributed by atoms with Crippen LogP contribution in [-0.4, -0.2) is 11.0 Å². The Hall–Kier alpha value is -2.14. The first-order chi connectivity index (χ1) is 13.7. The summed E-state index contributed by atoms with van der Waals surface area (Å²) in [7, 11) is 0. The monoisotopic (exact) mass is 427 g/mol. The number of aryl methyl sites for hydroxylation is 1. The highest BCUT2D eigenvalue weighted by molar-refractivity contribution is 7.12. The Morgan fingerprint density at radius 3 is 2.28 bits per heavy atom. The van der Waals surface area contributed by atoms with Crippen molar-refractivity contribution in [3.63, 3.8) is 0 Å². The van der Waals surface area contributed by atoms with Crippen LogP contribution in [0, 0.1) is 12.3 Å². The van der Waals surface area contributed by atoms with Gasteiger partial charge in [-0.05, 0) is 48.4 Å². The Balaban J connectivity index is 2.08. The van der Waals surface area contributed by atoms with Gasteiger partial charge in [0.2, 0.25) is 5.91 Å². The standard InChI is InChI=1S/C24H26ClNO2S/c1-15-9-14-20(29-15)21(22(27)16-10-12-17(25)13-11-16)18-7-5-6-8-19(18)26-23(28)24(2,3)4/h5-14,21-22,27H,1-4H3,(H,26,28)/t21-,22+/m0/s1. The van der Waals surface area contributed by atoms with Gasteiger partial charge in [0.1, 0.15) is 0 Å². The molecule has 0 saturated carbocycles. The second-order valence-electron chi connectivity index (χ2n) is 8.21. The van der Waals surface area contributed by atoms with E-state index in [-0.39, 0.29) is 11.8 Å². The van der Waals surface area contributed by atoms with Crippen molar-refractivity contribution >= 4 is 34.5 Å². The van der Waals surface area contributed by atoms with E-state index in [1.165, 1.54) is 4.88 Å². The molecule has 0 fully saturated rings. The van der Waals surface area contributed by atoms with Gasteiger partial charge in [0.25, 0.3) is 0 Å². The minimum Gasteiger partial charge on any atom is -0.387 e. The van der Waals surface area contributed by atoms with Gasteiger partial charge in [-0.2, -0.15) is 0 Å². The third-order valence-electron chi connectivity index (χ3n) is 4.82. The fourth-order valence-corrected chi connectivity index (χ4v) is 4.30. The van der Waals surface area contributed by atoms with Crippen LogP contribution in [0.1, 0.15) is 53.7 Å². The van der Waals surface area contributed by atoms with Crippen LogP contribution < -0.4 is 5.32 Å². The lowest BCUT2D eigenvalue weighted by Gasteiger charge is -2.26. The van der Waals surface area contributed by atoms with Gasteiger partial charge in [0.15, 0.2) is 0 Å². The number of hydrogen-bond donors (Lipinski definition) is 2. The molecule has 2 atom stereocenters. The number of thiophene rings is 1. The summed E-state index contributed by atoms with van der Waals surface area (Å²) in [6, 6.07) is 19.0. The molecule has 2 aromatic carbocycles. The normalized spacial score (nSPS) is 13.7. The number of aliphatic hydroxyl groups is 1. The summed E-state index contributed by atoms with van der Waals surface area (Å²) in [6.45, 7) is 7.70. The average molecular weight is 428 g/mol. The number of halogens is 1.